The highest BCUT2D eigenvalue weighted by Gasteiger charge is 2.22. The Morgan fingerprint density at radius 3 is 2.46 bits per heavy atom. The summed E-state index contributed by atoms with van der Waals surface area (Å²) in [4.78, 5) is 11.5. The van der Waals surface area contributed by atoms with Crippen molar-refractivity contribution in [2.75, 3.05) is 12.4 Å². The van der Waals surface area contributed by atoms with Crippen LogP contribution in [0.1, 0.15) is 29.9 Å². The van der Waals surface area contributed by atoms with Gasteiger partial charge in [-0.1, -0.05) is 72.4 Å². The number of thioether (sulfide) groups is 1. The van der Waals surface area contributed by atoms with Gasteiger partial charge < -0.3 is 9.15 Å². The molecule has 0 saturated heterocycles. The Labute approximate surface area is 156 Å². The second-order valence-corrected chi connectivity index (χ2v) is 6.58. The third-order valence-corrected chi connectivity index (χ3v) is 4.62. The average Bonchev–Trinajstić information content (AvgIpc) is 3.15. The molecule has 0 saturated carbocycles. The number of aromatic nitrogens is 2. The predicted molar refractivity (Wildman–Crippen MR) is 100 cm³/mol. The van der Waals surface area contributed by atoms with Crippen LogP contribution in [0.3, 0.4) is 0 Å². The molecule has 3 aromatic rings. The lowest BCUT2D eigenvalue weighted by Crippen LogP contribution is -2.06. The summed E-state index contributed by atoms with van der Waals surface area (Å²) in [5.74, 6) is 0.375. The third kappa shape index (κ3) is 4.95. The maximum Gasteiger partial charge on any atom is 0.316 e. The van der Waals surface area contributed by atoms with Crippen LogP contribution < -0.4 is 0 Å². The fraction of sp³-hybridized carbons (Fsp3) is 0.250. The van der Waals surface area contributed by atoms with E-state index < -0.39 is 0 Å². The summed E-state index contributed by atoms with van der Waals surface area (Å²) in [6, 6.07) is 20.3. The van der Waals surface area contributed by atoms with E-state index in [4.69, 9.17) is 9.15 Å². The molecule has 26 heavy (non-hydrogen) atoms. The van der Waals surface area contributed by atoms with Gasteiger partial charge in [0.1, 0.15) is 5.75 Å². The summed E-state index contributed by atoms with van der Waals surface area (Å²) in [5, 5.41) is 8.68. The van der Waals surface area contributed by atoms with Gasteiger partial charge in [0, 0.05) is 0 Å². The van der Waals surface area contributed by atoms with Crippen molar-refractivity contribution in [1.29, 1.82) is 0 Å². The zero-order valence-corrected chi connectivity index (χ0v) is 15.3. The molecule has 1 aromatic heterocycles. The SMILES string of the molecule is CCOC(=O)CSc1nnc(C(Cc2ccccc2)c2ccccc2)o1. The van der Waals surface area contributed by atoms with E-state index in [1.165, 1.54) is 17.3 Å². The zero-order valence-electron chi connectivity index (χ0n) is 14.5. The van der Waals surface area contributed by atoms with E-state index in [-0.39, 0.29) is 17.6 Å². The van der Waals surface area contributed by atoms with Gasteiger partial charge in [-0.05, 0) is 24.5 Å². The van der Waals surface area contributed by atoms with Gasteiger partial charge in [-0.25, -0.2) is 0 Å². The van der Waals surface area contributed by atoms with E-state index in [1.54, 1.807) is 6.92 Å². The molecule has 6 heteroatoms. The normalized spacial score (nSPS) is 11.9. The number of esters is 1. The number of carbonyl (C=O) groups is 1. The predicted octanol–water partition coefficient (Wildman–Crippen LogP) is 4.10. The molecule has 1 heterocycles. The van der Waals surface area contributed by atoms with Crippen molar-refractivity contribution in [2.24, 2.45) is 0 Å². The lowest BCUT2D eigenvalue weighted by Gasteiger charge is -2.13. The number of rotatable bonds is 8. The highest BCUT2D eigenvalue weighted by Crippen LogP contribution is 2.29. The van der Waals surface area contributed by atoms with Crippen LogP contribution >= 0.6 is 11.8 Å². The van der Waals surface area contributed by atoms with Gasteiger partial charge in [0.15, 0.2) is 0 Å². The van der Waals surface area contributed by atoms with Crippen molar-refractivity contribution in [3.8, 4) is 0 Å². The lowest BCUT2D eigenvalue weighted by atomic mass is 9.92. The number of benzene rings is 2. The monoisotopic (exact) mass is 368 g/mol. The second-order valence-electron chi connectivity index (χ2n) is 5.65. The molecular weight excluding hydrogens is 348 g/mol. The van der Waals surface area contributed by atoms with Crippen molar-refractivity contribution < 1.29 is 13.9 Å². The Hall–Kier alpha value is -2.60. The Balaban J connectivity index is 1.78. The highest BCUT2D eigenvalue weighted by atomic mass is 32.2. The minimum absolute atomic E-state index is 0.0388. The van der Waals surface area contributed by atoms with E-state index in [9.17, 15) is 4.79 Å². The first kappa shape index (κ1) is 18.2. The van der Waals surface area contributed by atoms with Crippen LogP contribution in [0.2, 0.25) is 0 Å². The first-order valence-corrected chi connectivity index (χ1v) is 9.45. The fourth-order valence-corrected chi connectivity index (χ4v) is 3.19. The summed E-state index contributed by atoms with van der Waals surface area (Å²) in [6.07, 6.45) is 0.759. The summed E-state index contributed by atoms with van der Waals surface area (Å²) in [7, 11) is 0. The zero-order chi connectivity index (χ0) is 18.2. The molecular formula is C20H20N2O3S. The average molecular weight is 368 g/mol. The number of ether oxygens (including phenoxy) is 1. The molecule has 3 rings (SSSR count). The summed E-state index contributed by atoms with van der Waals surface area (Å²) in [5.41, 5.74) is 2.31. The largest absolute Gasteiger partial charge is 0.465 e. The molecule has 0 spiro atoms. The van der Waals surface area contributed by atoms with E-state index in [2.05, 4.69) is 34.5 Å². The number of hydrogen-bond acceptors (Lipinski definition) is 6. The summed E-state index contributed by atoms with van der Waals surface area (Å²) < 4.78 is 10.8. The molecule has 0 radical (unpaired) electrons. The van der Waals surface area contributed by atoms with Crippen LogP contribution in [0.15, 0.2) is 70.3 Å². The molecule has 2 aromatic carbocycles. The van der Waals surface area contributed by atoms with Crippen molar-refractivity contribution in [3.63, 3.8) is 0 Å². The van der Waals surface area contributed by atoms with Gasteiger partial charge in [0.25, 0.3) is 5.22 Å². The Morgan fingerprint density at radius 1 is 1.08 bits per heavy atom. The summed E-state index contributed by atoms with van der Waals surface area (Å²) >= 11 is 1.19. The Bertz CT molecular complexity index is 821. The molecule has 0 bridgehead atoms. The van der Waals surface area contributed by atoms with Crippen LogP contribution in [0.5, 0.6) is 0 Å². The molecule has 0 amide bonds. The topological polar surface area (TPSA) is 65.2 Å². The quantitative estimate of drug-likeness (QED) is 0.441. The minimum atomic E-state index is -0.291. The lowest BCUT2D eigenvalue weighted by molar-refractivity contribution is -0.139. The molecule has 0 N–H and O–H groups in total. The molecule has 5 nitrogen and oxygen atoms in total. The van der Waals surface area contributed by atoms with Gasteiger partial charge in [0.05, 0.1) is 12.5 Å². The van der Waals surface area contributed by atoms with Crippen LogP contribution in [0.4, 0.5) is 0 Å². The standard InChI is InChI=1S/C20H20N2O3S/c1-2-24-18(23)14-26-20-22-21-19(25-20)17(16-11-7-4-8-12-16)13-15-9-5-3-6-10-15/h3-12,17H,2,13-14H2,1H3. The van der Waals surface area contributed by atoms with Gasteiger partial charge in [-0.2, -0.15) is 0 Å². The van der Waals surface area contributed by atoms with Crippen molar-refractivity contribution in [1.82, 2.24) is 10.2 Å². The maximum absolute atomic E-state index is 11.5. The smallest absolute Gasteiger partial charge is 0.316 e. The highest BCUT2D eigenvalue weighted by molar-refractivity contribution is 7.99. The van der Waals surface area contributed by atoms with Gasteiger partial charge in [-0.15, -0.1) is 10.2 Å². The van der Waals surface area contributed by atoms with Crippen molar-refractivity contribution in [2.45, 2.75) is 24.5 Å². The van der Waals surface area contributed by atoms with Crippen molar-refractivity contribution >= 4 is 17.7 Å². The molecule has 1 atom stereocenters. The number of carbonyl (C=O) groups excluding carboxylic acids is 1. The summed E-state index contributed by atoms with van der Waals surface area (Å²) in [6.45, 7) is 2.14. The third-order valence-electron chi connectivity index (χ3n) is 3.82. The molecule has 1 unspecified atom stereocenters. The van der Waals surface area contributed by atoms with Crippen LogP contribution in [-0.2, 0) is 16.0 Å². The molecule has 0 aliphatic heterocycles. The van der Waals surface area contributed by atoms with E-state index in [1.807, 2.05) is 36.4 Å². The van der Waals surface area contributed by atoms with E-state index in [0.717, 1.165) is 12.0 Å². The van der Waals surface area contributed by atoms with Crippen molar-refractivity contribution in [3.05, 3.63) is 77.7 Å². The van der Waals surface area contributed by atoms with E-state index >= 15 is 0 Å². The maximum atomic E-state index is 11.5. The Kier molecular flexibility index (Phi) is 6.44. The number of nitrogens with zero attached hydrogens (tertiary/aromatic N) is 2. The molecule has 0 aliphatic carbocycles. The van der Waals surface area contributed by atoms with Crippen LogP contribution in [0, 0.1) is 0 Å². The first-order chi connectivity index (χ1) is 12.8. The molecule has 0 aliphatic rings. The second kappa shape index (κ2) is 9.20. The number of hydrogen-bond donors (Lipinski definition) is 0. The van der Waals surface area contributed by atoms with Crippen LogP contribution in [-0.4, -0.2) is 28.5 Å². The molecule has 134 valence electrons. The minimum Gasteiger partial charge on any atom is -0.465 e. The van der Waals surface area contributed by atoms with Crippen LogP contribution in [0.25, 0.3) is 0 Å². The van der Waals surface area contributed by atoms with Gasteiger partial charge in [-0.3, -0.25) is 4.79 Å². The Morgan fingerprint density at radius 2 is 1.77 bits per heavy atom. The van der Waals surface area contributed by atoms with E-state index in [0.29, 0.717) is 17.7 Å². The fourth-order valence-electron chi connectivity index (χ4n) is 2.63. The van der Waals surface area contributed by atoms with Gasteiger partial charge in [0.2, 0.25) is 5.89 Å². The van der Waals surface area contributed by atoms with Gasteiger partial charge >= 0.3 is 5.97 Å². The molecule has 0 fully saturated rings. The first-order valence-electron chi connectivity index (χ1n) is 8.47.